The van der Waals surface area contributed by atoms with E-state index in [0.29, 0.717) is 5.41 Å². The van der Waals surface area contributed by atoms with Gasteiger partial charge in [-0.05, 0) is 42.4 Å². The van der Waals surface area contributed by atoms with Gasteiger partial charge in [-0.1, -0.05) is 25.2 Å². The second-order valence-corrected chi connectivity index (χ2v) is 6.75. The van der Waals surface area contributed by atoms with Gasteiger partial charge < -0.3 is 10.1 Å². The van der Waals surface area contributed by atoms with Crippen molar-refractivity contribution in [3.05, 3.63) is 18.2 Å². The van der Waals surface area contributed by atoms with Crippen LogP contribution in [0.2, 0.25) is 0 Å². The van der Waals surface area contributed by atoms with Crippen LogP contribution in [-0.2, 0) is 0 Å². The quantitative estimate of drug-likeness (QED) is 0.890. The zero-order chi connectivity index (χ0) is 13.5. The highest BCUT2D eigenvalue weighted by Gasteiger charge is 2.45. The van der Waals surface area contributed by atoms with Crippen molar-refractivity contribution in [3.8, 4) is 5.75 Å². The molecule has 2 aromatic rings. The van der Waals surface area contributed by atoms with E-state index in [1.165, 1.54) is 17.5 Å². The number of hydrogen-bond donors (Lipinski definition) is 1. The predicted octanol–water partition coefficient (Wildman–Crippen LogP) is 4.15. The molecule has 1 saturated carbocycles. The largest absolute Gasteiger partial charge is 0.497 e. The van der Waals surface area contributed by atoms with Crippen molar-refractivity contribution in [3.63, 3.8) is 0 Å². The highest BCUT2D eigenvalue weighted by Crippen LogP contribution is 2.51. The number of ether oxygens (including phenoxy) is 1. The molecule has 3 nitrogen and oxygen atoms in total. The van der Waals surface area contributed by atoms with E-state index in [1.54, 1.807) is 18.4 Å². The molecule has 0 amide bonds. The fourth-order valence-electron chi connectivity index (χ4n) is 2.48. The van der Waals surface area contributed by atoms with Crippen molar-refractivity contribution < 1.29 is 4.74 Å². The van der Waals surface area contributed by atoms with Crippen molar-refractivity contribution in [1.29, 1.82) is 0 Å². The zero-order valence-corrected chi connectivity index (χ0v) is 12.5. The van der Waals surface area contributed by atoms with Crippen LogP contribution in [0, 0.1) is 11.3 Å². The van der Waals surface area contributed by atoms with Gasteiger partial charge in [0.2, 0.25) is 0 Å². The van der Waals surface area contributed by atoms with E-state index in [1.807, 2.05) is 18.2 Å². The maximum atomic E-state index is 5.25. The van der Waals surface area contributed by atoms with E-state index in [0.717, 1.165) is 28.9 Å². The Balaban J connectivity index is 1.75. The Kier molecular flexibility index (Phi) is 3.13. The molecule has 0 spiro atoms. The van der Waals surface area contributed by atoms with Crippen molar-refractivity contribution >= 4 is 26.7 Å². The van der Waals surface area contributed by atoms with Crippen molar-refractivity contribution in [2.45, 2.75) is 26.7 Å². The molecule has 1 fully saturated rings. The Bertz CT molecular complexity index is 587. The van der Waals surface area contributed by atoms with Gasteiger partial charge >= 0.3 is 0 Å². The van der Waals surface area contributed by atoms with Gasteiger partial charge in [-0.15, -0.1) is 0 Å². The molecule has 0 aliphatic heterocycles. The van der Waals surface area contributed by atoms with Crippen LogP contribution in [0.15, 0.2) is 18.2 Å². The second-order valence-electron chi connectivity index (χ2n) is 5.72. The van der Waals surface area contributed by atoms with Gasteiger partial charge in [-0.3, -0.25) is 0 Å². The Hall–Kier alpha value is -1.29. The number of nitrogens with one attached hydrogen (secondary N) is 1. The van der Waals surface area contributed by atoms with Gasteiger partial charge in [0, 0.05) is 6.54 Å². The summed E-state index contributed by atoms with van der Waals surface area (Å²) in [6.07, 6.45) is 2.69. The second kappa shape index (κ2) is 4.67. The summed E-state index contributed by atoms with van der Waals surface area (Å²) in [4.78, 5) is 4.63. The normalized spacial score (nSPS) is 16.8. The Morgan fingerprint density at radius 1 is 1.42 bits per heavy atom. The van der Waals surface area contributed by atoms with Gasteiger partial charge in [0.05, 0.1) is 17.3 Å². The van der Waals surface area contributed by atoms with E-state index in [-0.39, 0.29) is 0 Å². The van der Waals surface area contributed by atoms with E-state index >= 15 is 0 Å². The minimum atomic E-state index is 0.509. The summed E-state index contributed by atoms with van der Waals surface area (Å²) in [6.45, 7) is 5.68. The molecule has 1 aliphatic rings. The van der Waals surface area contributed by atoms with E-state index in [4.69, 9.17) is 4.74 Å². The molecule has 0 bridgehead atoms. The molecule has 1 aromatic carbocycles. The molecule has 19 heavy (non-hydrogen) atoms. The number of hydrogen-bond acceptors (Lipinski definition) is 4. The van der Waals surface area contributed by atoms with Gasteiger partial charge in [-0.25, -0.2) is 4.98 Å². The third-order valence-electron chi connectivity index (χ3n) is 4.30. The molecule has 1 N–H and O–H groups in total. The van der Waals surface area contributed by atoms with Crippen LogP contribution in [0.25, 0.3) is 10.2 Å². The topological polar surface area (TPSA) is 34.1 Å². The highest BCUT2D eigenvalue weighted by atomic mass is 32.1. The number of thiazole rings is 1. The minimum Gasteiger partial charge on any atom is -0.497 e. The van der Waals surface area contributed by atoms with E-state index in [9.17, 15) is 0 Å². The number of nitrogens with zero attached hydrogens (tertiary/aromatic N) is 1. The van der Waals surface area contributed by atoms with E-state index < -0.39 is 0 Å². The molecule has 3 rings (SSSR count). The molecule has 102 valence electrons. The van der Waals surface area contributed by atoms with Crippen LogP contribution in [-0.4, -0.2) is 18.6 Å². The Morgan fingerprint density at radius 3 is 2.84 bits per heavy atom. The monoisotopic (exact) mass is 276 g/mol. The zero-order valence-electron chi connectivity index (χ0n) is 11.7. The Labute approximate surface area is 118 Å². The Morgan fingerprint density at radius 2 is 2.21 bits per heavy atom. The van der Waals surface area contributed by atoms with Gasteiger partial charge in [0.25, 0.3) is 0 Å². The number of rotatable bonds is 5. The van der Waals surface area contributed by atoms with Crippen LogP contribution in [0.4, 0.5) is 5.13 Å². The van der Waals surface area contributed by atoms with Crippen LogP contribution in [0.3, 0.4) is 0 Å². The summed E-state index contributed by atoms with van der Waals surface area (Å²) < 4.78 is 6.42. The molecule has 1 heterocycles. The van der Waals surface area contributed by atoms with Crippen molar-refractivity contribution in [2.75, 3.05) is 19.0 Å². The predicted molar refractivity (Wildman–Crippen MR) is 81.2 cm³/mol. The first-order valence-corrected chi connectivity index (χ1v) is 7.63. The summed E-state index contributed by atoms with van der Waals surface area (Å²) in [5.41, 5.74) is 1.55. The molecular weight excluding hydrogens is 256 g/mol. The third-order valence-corrected chi connectivity index (χ3v) is 5.28. The van der Waals surface area contributed by atoms with Crippen LogP contribution in [0.5, 0.6) is 5.75 Å². The molecule has 1 aliphatic carbocycles. The first-order valence-electron chi connectivity index (χ1n) is 6.81. The average Bonchev–Trinajstić information content (AvgIpc) is 3.09. The summed E-state index contributed by atoms with van der Waals surface area (Å²) in [5, 5.41) is 4.55. The van der Waals surface area contributed by atoms with E-state index in [2.05, 4.69) is 24.1 Å². The maximum Gasteiger partial charge on any atom is 0.183 e. The lowest BCUT2D eigenvalue weighted by molar-refractivity contribution is 0.380. The van der Waals surface area contributed by atoms with Crippen LogP contribution >= 0.6 is 11.3 Å². The fourth-order valence-corrected chi connectivity index (χ4v) is 3.37. The molecule has 0 unspecified atom stereocenters. The smallest absolute Gasteiger partial charge is 0.183 e. The van der Waals surface area contributed by atoms with Crippen LogP contribution in [0.1, 0.15) is 26.7 Å². The summed E-state index contributed by atoms with van der Waals surface area (Å²) >= 11 is 1.70. The standard InChI is InChI=1S/C15H20N2OS/c1-10(2)15(6-7-15)9-16-14-17-12-5-4-11(18-3)8-13(12)19-14/h4-5,8,10H,6-7,9H2,1-3H3,(H,16,17). The molecular formula is C15H20N2OS. The first kappa shape index (κ1) is 12.7. The number of aromatic nitrogens is 1. The lowest BCUT2D eigenvalue weighted by Crippen LogP contribution is -2.20. The minimum absolute atomic E-state index is 0.509. The number of anilines is 1. The number of benzene rings is 1. The lowest BCUT2D eigenvalue weighted by atomic mass is 9.92. The first-order chi connectivity index (χ1) is 9.13. The highest BCUT2D eigenvalue weighted by molar-refractivity contribution is 7.22. The molecule has 0 atom stereocenters. The molecule has 0 radical (unpaired) electrons. The lowest BCUT2D eigenvalue weighted by Gasteiger charge is -2.19. The van der Waals surface area contributed by atoms with Crippen molar-refractivity contribution in [2.24, 2.45) is 11.3 Å². The van der Waals surface area contributed by atoms with Crippen molar-refractivity contribution in [1.82, 2.24) is 4.98 Å². The van der Waals surface area contributed by atoms with Gasteiger partial charge in [0.15, 0.2) is 5.13 Å². The third kappa shape index (κ3) is 2.41. The SMILES string of the molecule is COc1ccc2nc(NCC3(C(C)C)CC3)sc2c1. The fraction of sp³-hybridized carbons (Fsp3) is 0.533. The maximum absolute atomic E-state index is 5.25. The van der Waals surface area contributed by atoms with Crippen LogP contribution < -0.4 is 10.1 Å². The van der Waals surface area contributed by atoms with Gasteiger partial charge in [0.1, 0.15) is 5.75 Å². The molecule has 1 aromatic heterocycles. The average molecular weight is 276 g/mol. The number of fused-ring (bicyclic) bond motifs is 1. The summed E-state index contributed by atoms with van der Waals surface area (Å²) in [5.74, 6) is 1.64. The summed E-state index contributed by atoms with van der Waals surface area (Å²) in [6, 6.07) is 6.03. The molecule has 4 heteroatoms. The summed E-state index contributed by atoms with van der Waals surface area (Å²) in [7, 11) is 1.70. The number of methoxy groups -OCH3 is 1. The molecule has 0 saturated heterocycles. The van der Waals surface area contributed by atoms with Gasteiger partial charge in [-0.2, -0.15) is 0 Å².